The van der Waals surface area contributed by atoms with Crippen LogP contribution in [0.25, 0.3) is 11.0 Å². The number of halogens is 3. The van der Waals surface area contributed by atoms with Crippen molar-refractivity contribution >= 4 is 40.2 Å². The van der Waals surface area contributed by atoms with Crippen molar-refractivity contribution in [2.24, 2.45) is 0 Å². The zero-order valence-corrected chi connectivity index (χ0v) is 25.6. The fourth-order valence-corrected chi connectivity index (χ4v) is 6.92. The summed E-state index contributed by atoms with van der Waals surface area (Å²) >= 11 is 12.5. The van der Waals surface area contributed by atoms with Gasteiger partial charge in [-0.3, -0.25) is 4.90 Å². The summed E-state index contributed by atoms with van der Waals surface area (Å²) in [5.74, 6) is 0.0543. The van der Waals surface area contributed by atoms with Gasteiger partial charge in [0.05, 0.1) is 16.6 Å². The van der Waals surface area contributed by atoms with Gasteiger partial charge in [-0.05, 0) is 103 Å². The molecule has 1 aliphatic carbocycles. The number of carboxylic acid groups (broad SMARTS) is 1. The highest BCUT2D eigenvalue weighted by Gasteiger charge is 2.33. The third-order valence-electron chi connectivity index (χ3n) is 8.96. The molecular formula is C36H32Cl2FN3O2. The first-order chi connectivity index (χ1) is 21.3. The molecule has 224 valence electrons. The van der Waals surface area contributed by atoms with E-state index in [-0.39, 0.29) is 11.5 Å². The largest absolute Gasteiger partial charge is 0.478 e. The summed E-state index contributed by atoms with van der Waals surface area (Å²) in [4.78, 5) is 18.9. The molecule has 0 bridgehead atoms. The first kappa shape index (κ1) is 29.0. The van der Waals surface area contributed by atoms with Gasteiger partial charge in [-0.2, -0.15) is 0 Å². The predicted molar refractivity (Wildman–Crippen MR) is 172 cm³/mol. The molecule has 1 saturated heterocycles. The van der Waals surface area contributed by atoms with Gasteiger partial charge in [-0.25, -0.2) is 14.2 Å². The molecule has 8 heteroatoms. The fraction of sp³-hybridized carbons (Fsp3) is 0.278. The highest BCUT2D eigenvalue weighted by Crippen LogP contribution is 2.44. The van der Waals surface area contributed by atoms with Crippen LogP contribution in [-0.2, 0) is 6.54 Å². The third-order valence-corrected chi connectivity index (χ3v) is 9.46. The maximum atomic E-state index is 14.1. The fourth-order valence-electron chi connectivity index (χ4n) is 6.67. The van der Waals surface area contributed by atoms with Crippen LogP contribution in [0.5, 0.6) is 0 Å². The Morgan fingerprint density at radius 2 is 1.45 bits per heavy atom. The second kappa shape index (κ2) is 12.0. The van der Waals surface area contributed by atoms with Crippen molar-refractivity contribution in [2.75, 3.05) is 13.1 Å². The highest BCUT2D eigenvalue weighted by atomic mass is 35.5. The van der Waals surface area contributed by atoms with Crippen LogP contribution in [0.2, 0.25) is 10.0 Å². The lowest BCUT2D eigenvalue weighted by Gasteiger charge is -2.34. The van der Waals surface area contributed by atoms with Crippen LogP contribution in [0.3, 0.4) is 0 Å². The summed E-state index contributed by atoms with van der Waals surface area (Å²) < 4.78 is 16.6. The third kappa shape index (κ3) is 5.99. The molecule has 2 fully saturated rings. The van der Waals surface area contributed by atoms with E-state index in [0.717, 1.165) is 54.2 Å². The van der Waals surface area contributed by atoms with E-state index in [0.29, 0.717) is 34.1 Å². The summed E-state index contributed by atoms with van der Waals surface area (Å²) in [6.45, 7) is 2.20. The Hall–Kier alpha value is -3.71. The molecule has 1 N–H and O–H groups in total. The summed E-state index contributed by atoms with van der Waals surface area (Å²) in [6.07, 6.45) is 4.21. The number of hydrogen-bond acceptors (Lipinski definition) is 3. The lowest BCUT2D eigenvalue weighted by atomic mass is 9.85. The summed E-state index contributed by atoms with van der Waals surface area (Å²) in [5.41, 5.74) is 6.34. The number of imidazole rings is 1. The number of likely N-dealkylation sites (tertiary alicyclic amines) is 1. The number of carboxylic acids is 1. The Morgan fingerprint density at radius 1 is 0.841 bits per heavy atom. The molecular weight excluding hydrogens is 596 g/mol. The molecule has 7 rings (SSSR count). The second-order valence-corrected chi connectivity index (χ2v) is 12.9. The molecule has 1 saturated carbocycles. The standard InChI is InChI=1S/C36H32Cl2FN3O2/c37-28-8-3-23(4-9-28)34(24-5-10-29(38)11-6-24)26-7-12-32-33(20-26)42(35(40-32)25-1-2-25)31-13-15-41(16-14-31)21-22-17-27(36(43)44)19-30(39)18-22/h3-12,17-20,25,31,34H,1-2,13-16,21H2,(H,43,44). The number of fused-ring (bicyclic) bond motifs is 1. The minimum Gasteiger partial charge on any atom is -0.478 e. The molecule has 0 amide bonds. The van der Waals surface area contributed by atoms with E-state index in [1.807, 2.05) is 24.3 Å². The molecule has 5 aromatic rings. The van der Waals surface area contributed by atoms with Gasteiger partial charge in [0.25, 0.3) is 0 Å². The molecule has 0 radical (unpaired) electrons. The van der Waals surface area contributed by atoms with Crippen LogP contribution in [0.4, 0.5) is 4.39 Å². The molecule has 0 unspecified atom stereocenters. The first-order valence-corrected chi connectivity index (χ1v) is 15.9. The van der Waals surface area contributed by atoms with Crippen molar-refractivity contribution in [3.63, 3.8) is 0 Å². The van der Waals surface area contributed by atoms with Crippen LogP contribution in [0, 0.1) is 5.82 Å². The molecule has 2 heterocycles. The van der Waals surface area contributed by atoms with Crippen LogP contribution >= 0.6 is 23.2 Å². The molecule has 4 aromatic carbocycles. The van der Waals surface area contributed by atoms with Crippen molar-refractivity contribution in [3.8, 4) is 0 Å². The molecule has 44 heavy (non-hydrogen) atoms. The SMILES string of the molecule is O=C(O)c1cc(F)cc(CN2CCC(n3c(C4CC4)nc4ccc(C(c5ccc(Cl)cc5)c5ccc(Cl)cc5)cc43)CC2)c1. The minimum atomic E-state index is -1.11. The van der Waals surface area contributed by atoms with E-state index in [9.17, 15) is 14.3 Å². The number of aromatic carboxylic acids is 1. The monoisotopic (exact) mass is 627 g/mol. The Labute approximate surface area is 265 Å². The van der Waals surface area contributed by atoms with E-state index in [4.69, 9.17) is 28.2 Å². The predicted octanol–water partition coefficient (Wildman–Crippen LogP) is 9.08. The smallest absolute Gasteiger partial charge is 0.335 e. The lowest BCUT2D eigenvalue weighted by Crippen LogP contribution is -2.34. The number of carbonyl (C=O) groups is 1. The number of aromatic nitrogens is 2. The van der Waals surface area contributed by atoms with Gasteiger partial charge < -0.3 is 9.67 Å². The molecule has 1 aliphatic heterocycles. The van der Waals surface area contributed by atoms with E-state index in [1.165, 1.54) is 30.3 Å². The van der Waals surface area contributed by atoms with Crippen LogP contribution in [-0.4, -0.2) is 38.6 Å². The first-order valence-electron chi connectivity index (χ1n) is 15.1. The van der Waals surface area contributed by atoms with Gasteiger partial charge >= 0.3 is 5.97 Å². The Bertz CT molecular complexity index is 1780. The lowest BCUT2D eigenvalue weighted by molar-refractivity contribution is 0.0696. The average molecular weight is 629 g/mol. The zero-order valence-electron chi connectivity index (χ0n) is 24.1. The average Bonchev–Trinajstić information content (AvgIpc) is 3.79. The summed E-state index contributed by atoms with van der Waals surface area (Å²) in [6, 6.07) is 27.2. The topological polar surface area (TPSA) is 58.4 Å². The molecule has 5 nitrogen and oxygen atoms in total. The Kier molecular flexibility index (Phi) is 7.91. The quantitative estimate of drug-likeness (QED) is 0.174. The minimum absolute atomic E-state index is 0.00506. The summed E-state index contributed by atoms with van der Waals surface area (Å²) in [7, 11) is 0. The highest BCUT2D eigenvalue weighted by molar-refractivity contribution is 6.30. The van der Waals surface area contributed by atoms with Gasteiger partial charge in [-0.15, -0.1) is 0 Å². The van der Waals surface area contributed by atoms with Crippen molar-refractivity contribution in [1.29, 1.82) is 0 Å². The molecule has 0 spiro atoms. The van der Waals surface area contributed by atoms with Crippen molar-refractivity contribution in [1.82, 2.24) is 14.5 Å². The van der Waals surface area contributed by atoms with Gasteiger partial charge in [0.15, 0.2) is 0 Å². The van der Waals surface area contributed by atoms with Crippen molar-refractivity contribution in [3.05, 3.63) is 134 Å². The molecule has 0 atom stereocenters. The summed E-state index contributed by atoms with van der Waals surface area (Å²) in [5, 5.41) is 10.8. The van der Waals surface area contributed by atoms with Gasteiger partial charge in [0.1, 0.15) is 11.6 Å². The maximum Gasteiger partial charge on any atom is 0.335 e. The van der Waals surface area contributed by atoms with E-state index in [2.05, 4.69) is 51.9 Å². The van der Waals surface area contributed by atoms with Gasteiger partial charge in [0, 0.05) is 47.6 Å². The Morgan fingerprint density at radius 3 is 2.05 bits per heavy atom. The molecule has 1 aromatic heterocycles. The number of hydrogen-bond donors (Lipinski definition) is 1. The zero-order chi connectivity index (χ0) is 30.4. The van der Waals surface area contributed by atoms with Crippen molar-refractivity contribution in [2.45, 2.75) is 50.1 Å². The number of piperidine rings is 1. The number of rotatable bonds is 8. The van der Waals surface area contributed by atoms with Crippen LogP contribution in [0.1, 0.15) is 82.0 Å². The van der Waals surface area contributed by atoms with Gasteiger partial charge in [0.2, 0.25) is 0 Å². The van der Waals surface area contributed by atoms with Crippen LogP contribution < -0.4 is 0 Å². The van der Waals surface area contributed by atoms with Crippen molar-refractivity contribution < 1.29 is 14.3 Å². The van der Waals surface area contributed by atoms with E-state index >= 15 is 0 Å². The molecule has 2 aliphatic rings. The number of benzene rings is 4. The Balaban J connectivity index is 1.20. The second-order valence-electron chi connectivity index (χ2n) is 12.1. The van der Waals surface area contributed by atoms with E-state index in [1.54, 1.807) is 6.07 Å². The normalized spacial score (nSPS) is 16.2. The van der Waals surface area contributed by atoms with Gasteiger partial charge in [-0.1, -0.05) is 53.5 Å². The number of nitrogens with zero attached hydrogens (tertiary/aromatic N) is 3. The maximum absolute atomic E-state index is 14.1. The van der Waals surface area contributed by atoms with E-state index < -0.39 is 11.8 Å². The van der Waals surface area contributed by atoms with Crippen LogP contribution in [0.15, 0.2) is 84.9 Å².